The summed E-state index contributed by atoms with van der Waals surface area (Å²) in [6.07, 6.45) is 3.30. The largest absolute Gasteiger partial charge is 0.325 e. The molecular formula is C20H25ClN2O3S2. The summed E-state index contributed by atoms with van der Waals surface area (Å²) < 4.78 is 27.8. The Bertz CT molecular complexity index is 914. The van der Waals surface area contributed by atoms with Gasteiger partial charge in [-0.2, -0.15) is 0 Å². The highest BCUT2D eigenvalue weighted by Gasteiger charge is 2.17. The molecular weight excluding hydrogens is 416 g/mol. The molecule has 0 saturated carbocycles. The topological polar surface area (TPSA) is 75.3 Å². The average molecular weight is 441 g/mol. The first-order chi connectivity index (χ1) is 13.2. The maximum Gasteiger partial charge on any atom is 0.240 e. The van der Waals surface area contributed by atoms with Crippen molar-refractivity contribution < 1.29 is 13.2 Å². The van der Waals surface area contributed by atoms with Gasteiger partial charge in [0.2, 0.25) is 15.9 Å². The summed E-state index contributed by atoms with van der Waals surface area (Å²) in [7, 11) is -3.66. The SMILES string of the molecule is CSc1ccc(S(=O)(=O)NCCCc2ccc(Cl)cc2)cc1NC(=O)C(C)C. The van der Waals surface area contributed by atoms with Crippen molar-refractivity contribution in [1.82, 2.24) is 4.72 Å². The summed E-state index contributed by atoms with van der Waals surface area (Å²) in [5, 5.41) is 3.48. The van der Waals surface area contributed by atoms with Gasteiger partial charge in [0.15, 0.2) is 0 Å². The summed E-state index contributed by atoms with van der Waals surface area (Å²) in [6.45, 7) is 3.90. The Labute approximate surface area is 176 Å². The van der Waals surface area contributed by atoms with E-state index in [-0.39, 0.29) is 16.7 Å². The van der Waals surface area contributed by atoms with Crippen molar-refractivity contribution >= 4 is 45.0 Å². The van der Waals surface area contributed by atoms with Crippen molar-refractivity contribution in [2.45, 2.75) is 36.5 Å². The molecule has 2 aromatic rings. The fourth-order valence-corrected chi connectivity index (χ4v) is 4.22. The van der Waals surface area contributed by atoms with Crippen LogP contribution >= 0.6 is 23.4 Å². The van der Waals surface area contributed by atoms with Gasteiger partial charge < -0.3 is 5.32 Å². The van der Waals surface area contributed by atoms with Crippen molar-refractivity contribution in [1.29, 1.82) is 0 Å². The number of halogens is 1. The molecule has 2 aromatic carbocycles. The number of benzene rings is 2. The van der Waals surface area contributed by atoms with Crippen LogP contribution < -0.4 is 10.0 Å². The molecule has 2 rings (SSSR count). The van der Waals surface area contributed by atoms with Gasteiger partial charge in [0, 0.05) is 22.4 Å². The average Bonchev–Trinajstić information content (AvgIpc) is 2.66. The second-order valence-corrected chi connectivity index (χ2v) is 9.69. The summed E-state index contributed by atoms with van der Waals surface area (Å²) >= 11 is 7.31. The number of carbonyl (C=O) groups excluding carboxylic acids is 1. The molecule has 28 heavy (non-hydrogen) atoms. The molecule has 0 radical (unpaired) electrons. The van der Waals surface area contributed by atoms with Crippen molar-refractivity contribution in [2.75, 3.05) is 18.1 Å². The zero-order chi connectivity index (χ0) is 20.7. The van der Waals surface area contributed by atoms with Crippen LogP contribution in [0.2, 0.25) is 5.02 Å². The lowest BCUT2D eigenvalue weighted by molar-refractivity contribution is -0.118. The zero-order valence-electron chi connectivity index (χ0n) is 16.2. The Morgan fingerprint density at radius 1 is 1.14 bits per heavy atom. The number of anilines is 1. The molecule has 0 aliphatic heterocycles. The third-order valence-electron chi connectivity index (χ3n) is 4.11. The number of aryl methyl sites for hydroxylation is 1. The monoisotopic (exact) mass is 440 g/mol. The van der Waals surface area contributed by atoms with Crippen molar-refractivity contribution in [2.24, 2.45) is 5.92 Å². The van der Waals surface area contributed by atoms with Gasteiger partial charge in [0.05, 0.1) is 10.6 Å². The summed E-state index contributed by atoms with van der Waals surface area (Å²) in [6, 6.07) is 12.3. The Hall–Kier alpha value is -1.54. The lowest BCUT2D eigenvalue weighted by Gasteiger charge is -2.14. The predicted molar refractivity (Wildman–Crippen MR) is 117 cm³/mol. The summed E-state index contributed by atoms with van der Waals surface area (Å²) in [5.41, 5.74) is 1.61. The van der Waals surface area contributed by atoms with Gasteiger partial charge in [-0.15, -0.1) is 11.8 Å². The van der Waals surface area contributed by atoms with E-state index in [4.69, 9.17) is 11.6 Å². The molecule has 1 amide bonds. The Morgan fingerprint density at radius 2 is 1.82 bits per heavy atom. The molecule has 8 heteroatoms. The van der Waals surface area contributed by atoms with Crippen LogP contribution in [0.1, 0.15) is 25.8 Å². The maximum atomic E-state index is 12.6. The molecule has 0 unspecified atom stereocenters. The number of thioether (sulfide) groups is 1. The van der Waals surface area contributed by atoms with Gasteiger partial charge in [-0.05, 0) is 55.0 Å². The van der Waals surface area contributed by atoms with E-state index in [9.17, 15) is 13.2 Å². The molecule has 2 N–H and O–H groups in total. The van der Waals surface area contributed by atoms with Crippen LogP contribution in [0.15, 0.2) is 52.3 Å². The van der Waals surface area contributed by atoms with Crippen LogP contribution in [0.25, 0.3) is 0 Å². The smallest absolute Gasteiger partial charge is 0.240 e. The van der Waals surface area contributed by atoms with Gasteiger partial charge in [0.25, 0.3) is 0 Å². The molecule has 0 saturated heterocycles. The fourth-order valence-electron chi connectivity index (χ4n) is 2.46. The van der Waals surface area contributed by atoms with Crippen LogP contribution in [0.5, 0.6) is 0 Å². The summed E-state index contributed by atoms with van der Waals surface area (Å²) in [5.74, 6) is -0.346. The van der Waals surface area contributed by atoms with E-state index in [2.05, 4.69) is 10.0 Å². The highest BCUT2D eigenvalue weighted by atomic mass is 35.5. The molecule has 0 aliphatic rings. The Kier molecular flexibility index (Phi) is 8.37. The van der Waals surface area contributed by atoms with Crippen LogP contribution in [-0.4, -0.2) is 27.1 Å². The maximum absolute atomic E-state index is 12.6. The molecule has 0 aromatic heterocycles. The number of nitrogens with one attached hydrogen (secondary N) is 2. The molecule has 0 heterocycles. The number of sulfonamides is 1. The Balaban J connectivity index is 2.03. The molecule has 0 bridgehead atoms. The summed E-state index contributed by atoms with van der Waals surface area (Å²) in [4.78, 5) is 13.0. The van der Waals surface area contributed by atoms with Crippen LogP contribution in [0.3, 0.4) is 0 Å². The normalized spacial score (nSPS) is 11.6. The second kappa shape index (κ2) is 10.3. The third kappa shape index (κ3) is 6.51. The van der Waals surface area contributed by atoms with Crippen LogP contribution in [0, 0.1) is 5.92 Å². The van der Waals surface area contributed by atoms with Gasteiger partial charge >= 0.3 is 0 Å². The molecule has 0 atom stereocenters. The quantitative estimate of drug-likeness (QED) is 0.442. The highest BCUT2D eigenvalue weighted by Crippen LogP contribution is 2.28. The standard InChI is InChI=1S/C20H25ClN2O3S2/c1-14(2)20(24)23-18-13-17(10-11-19(18)27-3)28(25,26)22-12-4-5-15-6-8-16(21)9-7-15/h6-11,13-14,22H,4-5,12H2,1-3H3,(H,23,24). The van der Waals surface area contributed by atoms with E-state index in [0.29, 0.717) is 23.7 Å². The van der Waals surface area contributed by atoms with Gasteiger partial charge in [-0.1, -0.05) is 37.6 Å². The van der Waals surface area contributed by atoms with Crippen LogP contribution in [0.4, 0.5) is 5.69 Å². The minimum Gasteiger partial charge on any atom is -0.325 e. The van der Waals surface area contributed by atoms with E-state index in [1.807, 2.05) is 30.5 Å². The molecule has 0 fully saturated rings. The molecule has 5 nitrogen and oxygen atoms in total. The van der Waals surface area contributed by atoms with E-state index in [1.54, 1.807) is 26.0 Å². The van der Waals surface area contributed by atoms with Crippen molar-refractivity contribution in [3.05, 3.63) is 53.1 Å². The van der Waals surface area contributed by atoms with Crippen molar-refractivity contribution in [3.63, 3.8) is 0 Å². The number of amides is 1. The predicted octanol–water partition coefficient (Wildman–Crippen LogP) is 4.57. The molecule has 0 spiro atoms. The number of hydrogen-bond acceptors (Lipinski definition) is 4. The minimum atomic E-state index is -3.66. The molecule has 0 aliphatic carbocycles. The first kappa shape index (κ1) is 22.7. The van der Waals surface area contributed by atoms with Gasteiger partial charge in [-0.25, -0.2) is 13.1 Å². The highest BCUT2D eigenvalue weighted by molar-refractivity contribution is 7.98. The van der Waals surface area contributed by atoms with E-state index >= 15 is 0 Å². The lowest BCUT2D eigenvalue weighted by Crippen LogP contribution is -2.25. The van der Waals surface area contributed by atoms with Crippen LogP contribution in [-0.2, 0) is 21.2 Å². The molecule has 152 valence electrons. The fraction of sp³-hybridized carbons (Fsp3) is 0.350. The number of rotatable bonds is 9. The van der Waals surface area contributed by atoms with Gasteiger partial charge in [-0.3, -0.25) is 4.79 Å². The first-order valence-electron chi connectivity index (χ1n) is 8.96. The van der Waals surface area contributed by atoms with Crippen molar-refractivity contribution in [3.8, 4) is 0 Å². The number of carbonyl (C=O) groups is 1. The second-order valence-electron chi connectivity index (χ2n) is 6.63. The first-order valence-corrected chi connectivity index (χ1v) is 12.0. The minimum absolute atomic E-state index is 0.135. The third-order valence-corrected chi connectivity index (χ3v) is 6.62. The lowest BCUT2D eigenvalue weighted by atomic mass is 10.1. The zero-order valence-corrected chi connectivity index (χ0v) is 18.5. The van der Waals surface area contributed by atoms with E-state index in [0.717, 1.165) is 16.9 Å². The number of hydrogen-bond donors (Lipinski definition) is 2. The van der Waals surface area contributed by atoms with E-state index in [1.165, 1.54) is 17.8 Å². The van der Waals surface area contributed by atoms with E-state index < -0.39 is 10.0 Å². The van der Waals surface area contributed by atoms with Gasteiger partial charge in [0.1, 0.15) is 0 Å². The Morgan fingerprint density at radius 3 is 2.43 bits per heavy atom.